The van der Waals surface area contributed by atoms with Gasteiger partial charge in [-0.25, -0.2) is 0 Å². The van der Waals surface area contributed by atoms with Crippen molar-refractivity contribution in [3.63, 3.8) is 0 Å². The van der Waals surface area contributed by atoms with Crippen LogP contribution >= 0.6 is 0 Å². The molecule has 0 aliphatic heterocycles. The molecule has 1 heterocycles. The van der Waals surface area contributed by atoms with E-state index in [1.807, 2.05) is 69.3 Å². The van der Waals surface area contributed by atoms with Gasteiger partial charge in [-0.15, -0.1) is 0 Å². The van der Waals surface area contributed by atoms with Crippen LogP contribution in [-0.2, 0) is 0 Å². The highest BCUT2D eigenvalue weighted by atomic mass is 16.1. The Morgan fingerprint density at radius 1 is 0.905 bits per heavy atom. The first kappa shape index (κ1) is 13.5. The number of carbonyl (C=O) groups excluding carboxylic acids is 1. The van der Waals surface area contributed by atoms with E-state index in [-0.39, 0.29) is 5.78 Å². The maximum Gasteiger partial charge on any atom is 0.194 e. The zero-order valence-electron chi connectivity index (χ0n) is 12.5. The second-order valence-corrected chi connectivity index (χ2v) is 5.40. The third-order valence-electron chi connectivity index (χ3n) is 3.94. The Balaban J connectivity index is 2.25. The molecule has 0 spiro atoms. The molecule has 0 saturated carbocycles. The summed E-state index contributed by atoms with van der Waals surface area (Å²) in [6.45, 7) is 5.95. The van der Waals surface area contributed by atoms with Crippen molar-refractivity contribution in [2.24, 2.45) is 0 Å². The normalized spacial score (nSPS) is 10.8. The Morgan fingerprint density at radius 2 is 1.67 bits per heavy atom. The lowest BCUT2D eigenvalue weighted by atomic mass is 9.94. The van der Waals surface area contributed by atoms with E-state index in [1.165, 1.54) is 0 Å². The molecule has 0 atom stereocenters. The number of carbonyl (C=O) groups is 1. The van der Waals surface area contributed by atoms with Gasteiger partial charge in [0.25, 0.3) is 0 Å². The van der Waals surface area contributed by atoms with E-state index in [0.29, 0.717) is 0 Å². The summed E-state index contributed by atoms with van der Waals surface area (Å²) in [5.41, 5.74) is 5.41. The summed E-state index contributed by atoms with van der Waals surface area (Å²) in [6.07, 6.45) is 0. The van der Waals surface area contributed by atoms with Gasteiger partial charge in [-0.05, 0) is 44.0 Å². The molecule has 3 rings (SSSR count). The third kappa shape index (κ3) is 2.33. The lowest BCUT2D eigenvalue weighted by Crippen LogP contribution is -2.06. The molecule has 2 aromatic carbocycles. The fraction of sp³-hybridized carbons (Fsp3) is 0.158. The van der Waals surface area contributed by atoms with E-state index in [4.69, 9.17) is 0 Å². The van der Waals surface area contributed by atoms with Gasteiger partial charge in [0, 0.05) is 22.2 Å². The minimum absolute atomic E-state index is 0.0675. The van der Waals surface area contributed by atoms with Crippen LogP contribution in [0.1, 0.15) is 32.7 Å². The lowest BCUT2D eigenvalue weighted by molar-refractivity contribution is 0.103. The summed E-state index contributed by atoms with van der Waals surface area (Å²) < 4.78 is 0. The SMILES string of the molecule is Cc1cc(C(=O)c2cccc(C)c2C)c2ccccc2n1. The third-order valence-corrected chi connectivity index (χ3v) is 3.94. The minimum Gasteiger partial charge on any atom is -0.289 e. The second kappa shape index (κ2) is 5.13. The smallest absolute Gasteiger partial charge is 0.194 e. The molecule has 2 nitrogen and oxygen atoms in total. The first-order chi connectivity index (χ1) is 10.1. The number of pyridine rings is 1. The molecule has 0 radical (unpaired) electrons. The fourth-order valence-electron chi connectivity index (χ4n) is 2.64. The van der Waals surface area contributed by atoms with Gasteiger partial charge in [0.1, 0.15) is 0 Å². The van der Waals surface area contributed by atoms with Gasteiger partial charge in [-0.3, -0.25) is 9.78 Å². The van der Waals surface area contributed by atoms with Crippen molar-refractivity contribution in [1.82, 2.24) is 4.98 Å². The molecule has 21 heavy (non-hydrogen) atoms. The predicted octanol–water partition coefficient (Wildman–Crippen LogP) is 4.39. The van der Waals surface area contributed by atoms with Crippen molar-refractivity contribution in [3.05, 3.63) is 76.5 Å². The standard InChI is InChI=1S/C19H17NO/c1-12-7-6-9-15(14(12)3)19(21)17-11-13(2)20-18-10-5-4-8-16(17)18/h4-11H,1-3H3. The number of rotatable bonds is 2. The number of fused-ring (bicyclic) bond motifs is 1. The van der Waals surface area contributed by atoms with Gasteiger partial charge in [-0.2, -0.15) is 0 Å². The zero-order chi connectivity index (χ0) is 15.0. The van der Waals surface area contributed by atoms with E-state index in [2.05, 4.69) is 4.98 Å². The average Bonchev–Trinajstić information content (AvgIpc) is 2.48. The Morgan fingerprint density at radius 3 is 2.48 bits per heavy atom. The second-order valence-electron chi connectivity index (χ2n) is 5.40. The number of para-hydroxylation sites is 1. The van der Waals surface area contributed by atoms with Crippen molar-refractivity contribution in [2.75, 3.05) is 0 Å². The van der Waals surface area contributed by atoms with Gasteiger partial charge in [0.15, 0.2) is 5.78 Å². The minimum atomic E-state index is 0.0675. The van der Waals surface area contributed by atoms with Gasteiger partial charge in [0.2, 0.25) is 0 Å². The first-order valence-corrected chi connectivity index (χ1v) is 7.05. The van der Waals surface area contributed by atoms with E-state index in [9.17, 15) is 4.79 Å². The molecule has 0 saturated heterocycles. The van der Waals surface area contributed by atoms with Crippen molar-refractivity contribution >= 4 is 16.7 Å². The van der Waals surface area contributed by atoms with Crippen LogP contribution in [0, 0.1) is 20.8 Å². The monoisotopic (exact) mass is 275 g/mol. The summed E-state index contributed by atoms with van der Waals surface area (Å²) in [7, 11) is 0. The molecular formula is C19H17NO. The van der Waals surface area contributed by atoms with E-state index < -0.39 is 0 Å². The van der Waals surface area contributed by atoms with Crippen molar-refractivity contribution in [2.45, 2.75) is 20.8 Å². The highest BCUT2D eigenvalue weighted by molar-refractivity contribution is 6.16. The quantitative estimate of drug-likeness (QED) is 0.649. The number of hydrogen-bond donors (Lipinski definition) is 0. The van der Waals surface area contributed by atoms with Crippen LogP contribution in [0.15, 0.2) is 48.5 Å². The molecule has 0 amide bonds. The van der Waals surface area contributed by atoms with E-state index in [1.54, 1.807) is 0 Å². The molecule has 0 aliphatic carbocycles. The highest BCUT2D eigenvalue weighted by Gasteiger charge is 2.16. The topological polar surface area (TPSA) is 30.0 Å². The molecular weight excluding hydrogens is 258 g/mol. The Kier molecular flexibility index (Phi) is 3.30. The average molecular weight is 275 g/mol. The Bertz CT molecular complexity index is 849. The Labute approximate surface area is 124 Å². The lowest BCUT2D eigenvalue weighted by Gasteiger charge is -2.10. The largest absolute Gasteiger partial charge is 0.289 e. The predicted molar refractivity (Wildman–Crippen MR) is 85.8 cm³/mol. The number of hydrogen-bond acceptors (Lipinski definition) is 2. The van der Waals surface area contributed by atoms with Gasteiger partial charge < -0.3 is 0 Å². The summed E-state index contributed by atoms with van der Waals surface area (Å²) in [6, 6.07) is 15.5. The molecule has 0 bridgehead atoms. The summed E-state index contributed by atoms with van der Waals surface area (Å²) >= 11 is 0. The van der Waals surface area contributed by atoms with Crippen LogP contribution in [0.5, 0.6) is 0 Å². The maximum absolute atomic E-state index is 13.0. The van der Waals surface area contributed by atoms with Crippen molar-refractivity contribution < 1.29 is 4.79 Å². The van der Waals surface area contributed by atoms with Gasteiger partial charge in [-0.1, -0.05) is 36.4 Å². The van der Waals surface area contributed by atoms with E-state index in [0.717, 1.165) is 38.9 Å². The molecule has 3 aromatic rings. The molecule has 0 unspecified atom stereocenters. The van der Waals surface area contributed by atoms with Crippen LogP contribution in [0.4, 0.5) is 0 Å². The van der Waals surface area contributed by atoms with Crippen LogP contribution in [0.25, 0.3) is 10.9 Å². The van der Waals surface area contributed by atoms with Crippen LogP contribution in [-0.4, -0.2) is 10.8 Å². The molecule has 1 aromatic heterocycles. The zero-order valence-corrected chi connectivity index (χ0v) is 12.5. The number of benzene rings is 2. The molecule has 0 N–H and O–H groups in total. The van der Waals surface area contributed by atoms with Crippen molar-refractivity contribution in [1.29, 1.82) is 0 Å². The van der Waals surface area contributed by atoms with Gasteiger partial charge >= 0.3 is 0 Å². The number of ketones is 1. The summed E-state index contributed by atoms with van der Waals surface area (Å²) in [4.78, 5) is 17.5. The molecule has 0 aliphatic rings. The summed E-state index contributed by atoms with van der Waals surface area (Å²) in [5, 5.41) is 0.911. The molecule has 0 fully saturated rings. The first-order valence-electron chi connectivity index (χ1n) is 7.05. The molecule has 104 valence electrons. The number of aromatic nitrogens is 1. The summed E-state index contributed by atoms with van der Waals surface area (Å²) in [5.74, 6) is 0.0675. The fourth-order valence-corrected chi connectivity index (χ4v) is 2.64. The maximum atomic E-state index is 13.0. The number of aryl methyl sites for hydroxylation is 2. The van der Waals surface area contributed by atoms with Crippen LogP contribution in [0.3, 0.4) is 0 Å². The number of nitrogens with zero attached hydrogens (tertiary/aromatic N) is 1. The molecule has 2 heteroatoms. The van der Waals surface area contributed by atoms with E-state index >= 15 is 0 Å². The van der Waals surface area contributed by atoms with Crippen LogP contribution in [0.2, 0.25) is 0 Å². The van der Waals surface area contributed by atoms with Gasteiger partial charge in [0.05, 0.1) is 5.52 Å². The van der Waals surface area contributed by atoms with Crippen molar-refractivity contribution in [3.8, 4) is 0 Å². The Hall–Kier alpha value is -2.48. The highest BCUT2D eigenvalue weighted by Crippen LogP contribution is 2.23. The van der Waals surface area contributed by atoms with Crippen LogP contribution < -0.4 is 0 Å².